The summed E-state index contributed by atoms with van der Waals surface area (Å²) in [4.78, 5) is 34.0. The van der Waals surface area contributed by atoms with Crippen molar-refractivity contribution < 1.29 is 52.8 Å². The molecule has 2 fully saturated rings. The standard InChI is InChI=1S/C58H62FN3O11/c1-2-33-69-58-53(61(38-39-17-21-43(59)22-18-39)57(65)71-46-27-23-44(24-28-46)62(66)67)37-51(60-73-54-16-8-11-34-68-54)49-35-42(14-6-9-31-63)48(15-7-10-32-64)55(56(49)58)50-36-47(29-30-52(50)72-58)70-45-25-19-41(20-26-45)40-12-4-3-5-13-40/h2-5,12-13,17-30,35-36,42,48,53-56,63-64H,1,6-11,14-16,31-34,37-38H2. The van der Waals surface area contributed by atoms with Crippen molar-refractivity contribution in [1.82, 2.24) is 4.90 Å². The summed E-state index contributed by atoms with van der Waals surface area (Å²) in [5, 5.41) is 36.7. The van der Waals surface area contributed by atoms with Crippen LogP contribution in [0.5, 0.6) is 23.0 Å². The van der Waals surface area contributed by atoms with Gasteiger partial charge < -0.3 is 38.7 Å². The van der Waals surface area contributed by atoms with Crippen LogP contribution in [0.3, 0.4) is 0 Å². The van der Waals surface area contributed by atoms with E-state index in [0.29, 0.717) is 60.8 Å². The maximum atomic E-state index is 15.2. The molecule has 9 rings (SSSR count). The van der Waals surface area contributed by atoms with Crippen molar-refractivity contribution in [3.05, 3.63) is 173 Å². The number of hydrogen-bond acceptors (Lipinski definition) is 12. The van der Waals surface area contributed by atoms with E-state index >= 15 is 4.79 Å². The Balaban J connectivity index is 1.22. The Kier molecular flexibility index (Phi) is 16.6. The van der Waals surface area contributed by atoms with Crippen molar-refractivity contribution in [1.29, 1.82) is 0 Å². The highest BCUT2D eigenvalue weighted by Crippen LogP contribution is 2.62. The van der Waals surface area contributed by atoms with Gasteiger partial charge in [0.15, 0.2) is 0 Å². The van der Waals surface area contributed by atoms with Crippen molar-refractivity contribution in [2.45, 2.75) is 94.8 Å². The second-order valence-electron chi connectivity index (χ2n) is 19.0. The highest BCUT2D eigenvalue weighted by Gasteiger charge is 2.66. The molecule has 382 valence electrons. The molecule has 0 spiro atoms. The predicted molar refractivity (Wildman–Crippen MR) is 273 cm³/mol. The summed E-state index contributed by atoms with van der Waals surface area (Å²) in [6.07, 6.45) is 9.10. The maximum Gasteiger partial charge on any atom is 0.416 e. The lowest BCUT2D eigenvalue weighted by Crippen LogP contribution is -2.70. The molecule has 2 heterocycles. The number of hydrogen-bond donors (Lipinski definition) is 2. The van der Waals surface area contributed by atoms with Crippen LogP contribution < -0.4 is 14.2 Å². The number of halogens is 1. The van der Waals surface area contributed by atoms with Gasteiger partial charge in [0.05, 0.1) is 29.8 Å². The number of nitrogens with zero attached hydrogens (tertiary/aromatic N) is 3. The van der Waals surface area contributed by atoms with Crippen molar-refractivity contribution in [3.8, 4) is 34.1 Å². The largest absolute Gasteiger partial charge is 0.459 e. The van der Waals surface area contributed by atoms with Crippen molar-refractivity contribution >= 4 is 17.5 Å². The second kappa shape index (κ2) is 23.8. The van der Waals surface area contributed by atoms with Crippen LogP contribution >= 0.6 is 0 Å². The average molecular weight is 996 g/mol. The third-order valence-electron chi connectivity index (χ3n) is 14.4. The smallest absolute Gasteiger partial charge is 0.416 e. The van der Waals surface area contributed by atoms with Crippen molar-refractivity contribution in [3.63, 3.8) is 0 Å². The first-order valence-corrected chi connectivity index (χ1v) is 25.3. The number of ether oxygens (including phenoxy) is 5. The summed E-state index contributed by atoms with van der Waals surface area (Å²) in [7, 11) is 0. The van der Waals surface area contributed by atoms with Crippen LogP contribution in [0.25, 0.3) is 11.1 Å². The molecule has 14 nitrogen and oxygen atoms in total. The molecule has 0 bridgehead atoms. The van der Waals surface area contributed by atoms with Gasteiger partial charge in [-0.2, -0.15) is 0 Å². The number of fused-ring (bicyclic) bond motifs is 2. The molecule has 7 atom stereocenters. The van der Waals surface area contributed by atoms with Gasteiger partial charge in [-0.1, -0.05) is 84.7 Å². The number of carbonyl (C=O) groups is 1. The molecule has 7 unspecified atom stereocenters. The minimum Gasteiger partial charge on any atom is -0.459 e. The van der Waals surface area contributed by atoms with E-state index in [0.717, 1.165) is 54.4 Å². The predicted octanol–water partition coefficient (Wildman–Crippen LogP) is 12.1. The van der Waals surface area contributed by atoms with Gasteiger partial charge in [0.1, 0.15) is 34.9 Å². The molecule has 5 aromatic carbocycles. The molecular weight excluding hydrogens is 934 g/mol. The van der Waals surface area contributed by atoms with E-state index in [1.165, 1.54) is 41.3 Å². The van der Waals surface area contributed by atoms with Crippen LogP contribution in [0.1, 0.15) is 81.3 Å². The van der Waals surface area contributed by atoms with E-state index in [2.05, 4.69) is 24.8 Å². The number of carbonyl (C=O) groups excluding carboxylic acids is 1. The summed E-state index contributed by atoms with van der Waals surface area (Å²) in [5.74, 6) is -1.45. The fourth-order valence-corrected chi connectivity index (χ4v) is 11.0. The third-order valence-corrected chi connectivity index (χ3v) is 14.4. The number of rotatable bonds is 21. The van der Waals surface area contributed by atoms with Gasteiger partial charge in [0.2, 0.25) is 12.1 Å². The zero-order valence-electron chi connectivity index (χ0n) is 40.8. The van der Waals surface area contributed by atoms with E-state index in [9.17, 15) is 24.7 Å². The molecule has 0 radical (unpaired) electrons. The number of oxime groups is 1. The molecule has 2 aliphatic heterocycles. The van der Waals surface area contributed by atoms with Crippen molar-refractivity contribution in [2.75, 3.05) is 26.4 Å². The topological polar surface area (TPSA) is 172 Å². The molecule has 1 saturated heterocycles. The Labute approximate surface area is 424 Å². The monoisotopic (exact) mass is 995 g/mol. The number of non-ortho nitro benzene ring substituents is 1. The molecule has 0 aromatic heterocycles. The molecule has 15 heteroatoms. The van der Waals surface area contributed by atoms with Gasteiger partial charge in [-0.05, 0) is 127 Å². The normalized spacial score (nSPS) is 23.5. The zero-order valence-corrected chi connectivity index (χ0v) is 40.8. The minimum atomic E-state index is -1.66. The molecule has 2 aliphatic carbocycles. The van der Waals surface area contributed by atoms with Gasteiger partial charge in [-0.15, -0.1) is 6.58 Å². The lowest BCUT2D eigenvalue weighted by molar-refractivity contribution is -0.384. The lowest BCUT2D eigenvalue weighted by Gasteiger charge is -2.59. The molecular formula is C58H62FN3O11. The fraction of sp³-hybridized carbons (Fsp3) is 0.379. The first kappa shape index (κ1) is 51.0. The van der Waals surface area contributed by atoms with Crippen molar-refractivity contribution in [2.24, 2.45) is 22.9 Å². The number of aliphatic hydroxyl groups excluding tert-OH is 2. The van der Waals surface area contributed by atoms with Gasteiger partial charge in [-0.3, -0.25) is 15.0 Å². The van der Waals surface area contributed by atoms with E-state index in [4.69, 9.17) is 33.7 Å². The molecule has 5 aromatic rings. The van der Waals surface area contributed by atoms with Gasteiger partial charge in [0.25, 0.3) is 5.69 Å². The molecule has 1 saturated carbocycles. The Morgan fingerprint density at radius 3 is 2.29 bits per heavy atom. The number of nitro benzene ring substituents is 1. The van der Waals surface area contributed by atoms with E-state index in [1.54, 1.807) is 18.2 Å². The maximum absolute atomic E-state index is 15.2. The van der Waals surface area contributed by atoms with Crippen LogP contribution in [0.2, 0.25) is 0 Å². The van der Waals surface area contributed by atoms with E-state index in [-0.39, 0.29) is 62.0 Å². The Morgan fingerprint density at radius 2 is 1.59 bits per heavy atom. The Bertz CT molecular complexity index is 2730. The quantitative estimate of drug-likeness (QED) is 0.0310. The van der Waals surface area contributed by atoms with Crippen LogP contribution in [-0.2, 0) is 20.9 Å². The summed E-state index contributed by atoms with van der Waals surface area (Å²) < 4.78 is 47.9. The molecule has 4 aliphatic rings. The van der Waals surface area contributed by atoms with Crippen LogP contribution in [0, 0.1) is 33.7 Å². The number of allylic oxidation sites excluding steroid dienone is 1. The Morgan fingerprint density at radius 1 is 0.877 bits per heavy atom. The summed E-state index contributed by atoms with van der Waals surface area (Å²) in [6.45, 7) is 4.56. The van der Waals surface area contributed by atoms with E-state index < -0.39 is 40.9 Å². The van der Waals surface area contributed by atoms with Crippen LogP contribution in [0.4, 0.5) is 14.9 Å². The number of aliphatic hydroxyl groups is 2. The fourth-order valence-electron chi connectivity index (χ4n) is 11.0. The summed E-state index contributed by atoms with van der Waals surface area (Å²) in [5.41, 5.74) is 4.78. The van der Waals surface area contributed by atoms with Gasteiger partial charge >= 0.3 is 6.09 Å². The summed E-state index contributed by atoms with van der Waals surface area (Å²) in [6, 6.07) is 33.9. The highest BCUT2D eigenvalue weighted by atomic mass is 19.1. The zero-order chi connectivity index (χ0) is 50.7. The second-order valence-corrected chi connectivity index (χ2v) is 19.0. The van der Waals surface area contributed by atoms with Crippen LogP contribution in [-0.4, -0.2) is 76.4 Å². The van der Waals surface area contributed by atoms with Gasteiger partial charge in [0, 0.05) is 56.2 Å². The minimum absolute atomic E-state index is 0.0122. The number of benzene rings is 5. The SMILES string of the molecule is C=CCOC12Oc3ccc(Oc4ccc(-c5ccccc5)cc4)cc3C3C(CCCCO)C(CCCCO)C=C(C(=NOC4CCCCO4)CC1N(Cc1ccc(F)cc1)C(=O)Oc1ccc([N+](=O)[O-])cc1)C32. The van der Waals surface area contributed by atoms with Gasteiger partial charge in [-0.25, -0.2) is 9.18 Å². The average Bonchev–Trinajstić information content (AvgIpc) is 3.42. The first-order chi connectivity index (χ1) is 35.7. The highest BCUT2D eigenvalue weighted by molar-refractivity contribution is 6.03. The summed E-state index contributed by atoms with van der Waals surface area (Å²) >= 11 is 0. The lowest BCUT2D eigenvalue weighted by atomic mass is 9.55. The van der Waals surface area contributed by atoms with Crippen LogP contribution in [0.15, 0.2) is 151 Å². The number of unbranched alkanes of at least 4 members (excludes halogenated alkanes) is 2. The Hall–Kier alpha value is -6.91. The third kappa shape index (κ3) is 11.7. The number of nitro groups is 1. The van der Waals surface area contributed by atoms with E-state index in [1.807, 2.05) is 60.7 Å². The first-order valence-electron chi connectivity index (χ1n) is 25.3. The molecule has 1 amide bonds. The molecule has 73 heavy (non-hydrogen) atoms. The number of amides is 1. The molecule has 2 N–H and O–H groups in total.